The first-order valence-corrected chi connectivity index (χ1v) is 6.30. The fourth-order valence-corrected chi connectivity index (χ4v) is 2.31. The molecular weight excluding hydrogens is 236 g/mol. The first-order chi connectivity index (χ1) is 6.58. The monoisotopic (exact) mass is 254 g/mol. The predicted molar refractivity (Wildman–Crippen MR) is 66.9 cm³/mol. The number of alkyl halides is 1. The fraction of sp³-hybridized carbons (Fsp3) is 0.538. The van der Waals surface area contributed by atoms with Gasteiger partial charge in [-0.25, -0.2) is 0 Å². The third kappa shape index (κ3) is 2.84. The summed E-state index contributed by atoms with van der Waals surface area (Å²) < 4.78 is 0. The van der Waals surface area contributed by atoms with Crippen LogP contribution in [-0.2, 0) is 6.42 Å². The summed E-state index contributed by atoms with van der Waals surface area (Å²) in [6.07, 6.45) is 1.15. The van der Waals surface area contributed by atoms with Gasteiger partial charge in [0, 0.05) is 5.33 Å². The lowest BCUT2D eigenvalue weighted by atomic mass is 9.76. The molecule has 1 aromatic carbocycles. The van der Waals surface area contributed by atoms with Crippen LogP contribution in [0.1, 0.15) is 26.3 Å². The SMILES string of the molecule is CC(C)C(C)(CBr)Cc1ccccc1. The molecule has 14 heavy (non-hydrogen) atoms. The van der Waals surface area contributed by atoms with Crippen LogP contribution < -0.4 is 0 Å². The van der Waals surface area contributed by atoms with E-state index in [4.69, 9.17) is 0 Å². The van der Waals surface area contributed by atoms with E-state index in [1.54, 1.807) is 0 Å². The normalized spacial score (nSPS) is 15.5. The van der Waals surface area contributed by atoms with Gasteiger partial charge < -0.3 is 0 Å². The van der Waals surface area contributed by atoms with Gasteiger partial charge in [0.2, 0.25) is 0 Å². The Labute approximate surface area is 95.9 Å². The molecule has 0 nitrogen and oxygen atoms in total. The van der Waals surface area contributed by atoms with Gasteiger partial charge in [-0.15, -0.1) is 0 Å². The largest absolute Gasteiger partial charge is 0.0922 e. The van der Waals surface area contributed by atoms with E-state index in [9.17, 15) is 0 Å². The van der Waals surface area contributed by atoms with Crippen LogP contribution in [-0.4, -0.2) is 5.33 Å². The Morgan fingerprint density at radius 2 is 1.79 bits per heavy atom. The number of hydrogen-bond acceptors (Lipinski definition) is 0. The molecule has 0 aliphatic heterocycles. The van der Waals surface area contributed by atoms with Crippen molar-refractivity contribution in [2.24, 2.45) is 11.3 Å². The molecule has 0 saturated carbocycles. The van der Waals surface area contributed by atoms with Crippen molar-refractivity contribution in [1.29, 1.82) is 0 Å². The Morgan fingerprint density at radius 3 is 2.21 bits per heavy atom. The number of hydrogen-bond donors (Lipinski definition) is 0. The van der Waals surface area contributed by atoms with Crippen LogP contribution >= 0.6 is 15.9 Å². The number of rotatable bonds is 4. The molecule has 0 aliphatic rings. The molecule has 0 aromatic heterocycles. The van der Waals surface area contributed by atoms with E-state index in [1.165, 1.54) is 5.56 Å². The molecule has 0 spiro atoms. The molecule has 1 heteroatoms. The Bertz CT molecular complexity index is 266. The predicted octanol–water partition coefficient (Wildman–Crippen LogP) is 4.29. The van der Waals surface area contributed by atoms with Crippen molar-refractivity contribution >= 4 is 15.9 Å². The summed E-state index contributed by atoms with van der Waals surface area (Å²) in [6, 6.07) is 10.7. The van der Waals surface area contributed by atoms with Crippen LogP contribution in [0.5, 0.6) is 0 Å². The van der Waals surface area contributed by atoms with Crippen LogP contribution in [0.2, 0.25) is 0 Å². The third-order valence-electron chi connectivity index (χ3n) is 3.15. The second-order valence-electron chi connectivity index (χ2n) is 4.60. The van der Waals surface area contributed by atoms with Crippen LogP contribution in [0.15, 0.2) is 30.3 Å². The van der Waals surface area contributed by atoms with Crippen molar-refractivity contribution in [3.05, 3.63) is 35.9 Å². The standard InChI is InChI=1S/C13H19Br/c1-11(2)13(3,10-14)9-12-7-5-4-6-8-12/h4-8,11H,9-10H2,1-3H3. The van der Waals surface area contributed by atoms with E-state index < -0.39 is 0 Å². The summed E-state index contributed by atoms with van der Waals surface area (Å²) in [7, 11) is 0. The maximum atomic E-state index is 3.63. The summed E-state index contributed by atoms with van der Waals surface area (Å²) in [5.74, 6) is 0.696. The van der Waals surface area contributed by atoms with Crippen molar-refractivity contribution in [2.45, 2.75) is 27.2 Å². The highest BCUT2D eigenvalue weighted by molar-refractivity contribution is 9.09. The number of benzene rings is 1. The van der Waals surface area contributed by atoms with Crippen molar-refractivity contribution in [3.8, 4) is 0 Å². The second-order valence-corrected chi connectivity index (χ2v) is 5.17. The van der Waals surface area contributed by atoms with Crippen LogP contribution in [0.25, 0.3) is 0 Å². The Morgan fingerprint density at radius 1 is 1.21 bits per heavy atom. The highest BCUT2D eigenvalue weighted by Crippen LogP contribution is 2.33. The molecule has 1 atom stereocenters. The molecule has 0 heterocycles. The maximum absolute atomic E-state index is 3.63. The lowest BCUT2D eigenvalue weighted by molar-refractivity contribution is 0.258. The van der Waals surface area contributed by atoms with Gasteiger partial charge in [-0.05, 0) is 23.3 Å². The van der Waals surface area contributed by atoms with E-state index in [0.717, 1.165) is 11.8 Å². The molecule has 1 rings (SSSR count). The van der Waals surface area contributed by atoms with Crippen molar-refractivity contribution in [1.82, 2.24) is 0 Å². The highest BCUT2D eigenvalue weighted by Gasteiger charge is 2.27. The fourth-order valence-electron chi connectivity index (χ4n) is 1.47. The van der Waals surface area contributed by atoms with Crippen LogP contribution in [0, 0.1) is 11.3 Å². The maximum Gasteiger partial charge on any atom is 0.00909 e. The smallest absolute Gasteiger partial charge is 0.00909 e. The van der Waals surface area contributed by atoms with Gasteiger partial charge in [0.15, 0.2) is 0 Å². The van der Waals surface area contributed by atoms with Crippen molar-refractivity contribution in [2.75, 3.05) is 5.33 Å². The number of halogens is 1. The molecule has 0 aliphatic carbocycles. The molecule has 78 valence electrons. The highest BCUT2D eigenvalue weighted by atomic mass is 79.9. The zero-order valence-electron chi connectivity index (χ0n) is 9.26. The summed E-state index contributed by atoms with van der Waals surface area (Å²) in [5, 5.41) is 1.06. The summed E-state index contributed by atoms with van der Waals surface area (Å²) in [5.41, 5.74) is 1.80. The molecule has 0 bridgehead atoms. The van der Waals surface area contributed by atoms with Crippen LogP contribution in [0.4, 0.5) is 0 Å². The zero-order valence-corrected chi connectivity index (χ0v) is 10.8. The average molecular weight is 255 g/mol. The molecule has 0 fully saturated rings. The summed E-state index contributed by atoms with van der Waals surface area (Å²) in [4.78, 5) is 0. The minimum Gasteiger partial charge on any atom is -0.0922 e. The van der Waals surface area contributed by atoms with E-state index in [2.05, 4.69) is 67.0 Å². The molecule has 0 amide bonds. The molecular formula is C13H19Br. The third-order valence-corrected chi connectivity index (χ3v) is 4.43. The first-order valence-electron chi connectivity index (χ1n) is 5.18. The molecule has 0 radical (unpaired) electrons. The van der Waals surface area contributed by atoms with Gasteiger partial charge in [-0.3, -0.25) is 0 Å². The molecule has 0 saturated heterocycles. The lowest BCUT2D eigenvalue weighted by Gasteiger charge is -2.32. The minimum absolute atomic E-state index is 0.362. The average Bonchev–Trinajstić information content (AvgIpc) is 2.19. The Balaban J connectivity index is 2.76. The van der Waals surface area contributed by atoms with Gasteiger partial charge in [-0.2, -0.15) is 0 Å². The molecule has 0 N–H and O–H groups in total. The van der Waals surface area contributed by atoms with Gasteiger partial charge in [0.1, 0.15) is 0 Å². The van der Waals surface area contributed by atoms with E-state index in [-0.39, 0.29) is 0 Å². The summed E-state index contributed by atoms with van der Waals surface area (Å²) in [6.45, 7) is 6.94. The van der Waals surface area contributed by atoms with E-state index in [0.29, 0.717) is 11.3 Å². The van der Waals surface area contributed by atoms with E-state index >= 15 is 0 Å². The molecule has 1 aromatic rings. The van der Waals surface area contributed by atoms with Gasteiger partial charge >= 0.3 is 0 Å². The molecule has 1 unspecified atom stereocenters. The minimum atomic E-state index is 0.362. The lowest BCUT2D eigenvalue weighted by Crippen LogP contribution is -2.27. The van der Waals surface area contributed by atoms with Gasteiger partial charge in [0.05, 0.1) is 0 Å². The summed E-state index contributed by atoms with van der Waals surface area (Å²) >= 11 is 3.63. The van der Waals surface area contributed by atoms with Crippen molar-refractivity contribution < 1.29 is 0 Å². The second kappa shape index (κ2) is 4.97. The Hall–Kier alpha value is -0.300. The topological polar surface area (TPSA) is 0 Å². The van der Waals surface area contributed by atoms with Crippen LogP contribution in [0.3, 0.4) is 0 Å². The van der Waals surface area contributed by atoms with Gasteiger partial charge in [0.25, 0.3) is 0 Å². The zero-order chi connectivity index (χ0) is 10.6. The van der Waals surface area contributed by atoms with Crippen molar-refractivity contribution in [3.63, 3.8) is 0 Å². The Kier molecular flexibility index (Phi) is 4.18. The van der Waals surface area contributed by atoms with E-state index in [1.807, 2.05) is 0 Å². The van der Waals surface area contributed by atoms with Gasteiger partial charge in [-0.1, -0.05) is 67.0 Å². The first kappa shape index (κ1) is 11.8. The quantitative estimate of drug-likeness (QED) is 0.704.